The zero-order chi connectivity index (χ0) is 15.2. The SMILES string of the molecule is CC(NC(=O)N1CCCCC1CCC(=O)O)C1CCOC1. The summed E-state index contributed by atoms with van der Waals surface area (Å²) in [5, 5.41) is 11.9. The number of ether oxygens (including phenoxy) is 1. The molecule has 3 unspecified atom stereocenters. The van der Waals surface area contributed by atoms with Crippen LogP contribution in [0.3, 0.4) is 0 Å². The molecule has 0 aliphatic carbocycles. The fraction of sp³-hybridized carbons (Fsp3) is 0.867. The van der Waals surface area contributed by atoms with Gasteiger partial charge in [-0.15, -0.1) is 0 Å². The molecule has 0 radical (unpaired) electrons. The highest BCUT2D eigenvalue weighted by atomic mass is 16.5. The van der Waals surface area contributed by atoms with Crippen molar-refractivity contribution in [3.05, 3.63) is 0 Å². The second-order valence-electron chi connectivity index (χ2n) is 6.14. The van der Waals surface area contributed by atoms with Gasteiger partial charge in [-0.1, -0.05) is 0 Å². The average molecular weight is 298 g/mol. The third kappa shape index (κ3) is 4.59. The van der Waals surface area contributed by atoms with Gasteiger partial charge in [0.2, 0.25) is 0 Å². The smallest absolute Gasteiger partial charge is 0.317 e. The molecule has 6 heteroatoms. The van der Waals surface area contributed by atoms with Gasteiger partial charge in [0, 0.05) is 37.6 Å². The molecule has 2 heterocycles. The first-order valence-electron chi connectivity index (χ1n) is 7.94. The molecule has 0 aromatic rings. The van der Waals surface area contributed by atoms with Crippen LogP contribution in [0.5, 0.6) is 0 Å². The van der Waals surface area contributed by atoms with Gasteiger partial charge >= 0.3 is 12.0 Å². The van der Waals surface area contributed by atoms with Crippen LogP contribution in [0.1, 0.15) is 45.4 Å². The molecule has 0 saturated carbocycles. The number of aliphatic carboxylic acids is 1. The lowest BCUT2D eigenvalue weighted by Crippen LogP contribution is -2.52. The quantitative estimate of drug-likeness (QED) is 0.811. The molecule has 120 valence electrons. The summed E-state index contributed by atoms with van der Waals surface area (Å²) >= 11 is 0. The Morgan fingerprint density at radius 3 is 2.86 bits per heavy atom. The van der Waals surface area contributed by atoms with E-state index in [-0.39, 0.29) is 24.5 Å². The van der Waals surface area contributed by atoms with Gasteiger partial charge < -0.3 is 20.1 Å². The van der Waals surface area contributed by atoms with E-state index in [0.717, 1.165) is 38.8 Å². The number of likely N-dealkylation sites (tertiary alicyclic amines) is 1. The summed E-state index contributed by atoms with van der Waals surface area (Å²) in [7, 11) is 0. The minimum Gasteiger partial charge on any atom is -0.481 e. The molecule has 2 aliphatic rings. The Labute approximate surface area is 125 Å². The van der Waals surface area contributed by atoms with Crippen molar-refractivity contribution in [3.63, 3.8) is 0 Å². The highest BCUT2D eigenvalue weighted by molar-refractivity contribution is 5.75. The molecular weight excluding hydrogens is 272 g/mol. The van der Waals surface area contributed by atoms with Gasteiger partial charge in [-0.2, -0.15) is 0 Å². The Balaban J connectivity index is 1.86. The second kappa shape index (κ2) is 7.64. The Bertz CT molecular complexity index is 369. The summed E-state index contributed by atoms with van der Waals surface area (Å²) in [6, 6.07) is 0.105. The molecule has 0 spiro atoms. The molecule has 21 heavy (non-hydrogen) atoms. The summed E-state index contributed by atoms with van der Waals surface area (Å²) in [5.74, 6) is -0.409. The molecule has 2 amide bonds. The van der Waals surface area contributed by atoms with E-state index in [9.17, 15) is 9.59 Å². The minimum atomic E-state index is -0.794. The molecule has 0 aromatic heterocycles. The lowest BCUT2D eigenvalue weighted by molar-refractivity contribution is -0.137. The largest absolute Gasteiger partial charge is 0.481 e. The predicted octanol–water partition coefficient (Wildman–Crippen LogP) is 1.84. The summed E-state index contributed by atoms with van der Waals surface area (Å²) in [6.45, 7) is 4.23. The van der Waals surface area contributed by atoms with Crippen LogP contribution in [0.2, 0.25) is 0 Å². The highest BCUT2D eigenvalue weighted by Crippen LogP contribution is 2.22. The molecule has 2 fully saturated rings. The van der Waals surface area contributed by atoms with E-state index in [1.807, 2.05) is 11.8 Å². The van der Waals surface area contributed by atoms with Crippen LogP contribution in [0.4, 0.5) is 4.79 Å². The average Bonchev–Trinajstić information content (AvgIpc) is 2.99. The Morgan fingerprint density at radius 2 is 2.19 bits per heavy atom. The van der Waals surface area contributed by atoms with Crippen LogP contribution >= 0.6 is 0 Å². The maximum Gasteiger partial charge on any atom is 0.317 e. The lowest BCUT2D eigenvalue weighted by atomic mass is 9.98. The molecule has 6 nitrogen and oxygen atoms in total. The van der Waals surface area contributed by atoms with Gasteiger partial charge in [0.1, 0.15) is 0 Å². The maximum atomic E-state index is 12.4. The van der Waals surface area contributed by atoms with Gasteiger partial charge in [-0.25, -0.2) is 4.79 Å². The Morgan fingerprint density at radius 1 is 1.38 bits per heavy atom. The number of urea groups is 1. The number of carbonyl (C=O) groups is 2. The van der Waals surface area contributed by atoms with Crippen molar-refractivity contribution < 1.29 is 19.4 Å². The zero-order valence-electron chi connectivity index (χ0n) is 12.7. The first-order chi connectivity index (χ1) is 10.1. The summed E-state index contributed by atoms with van der Waals surface area (Å²) < 4.78 is 5.36. The number of rotatable bonds is 5. The molecular formula is C15H26N2O4. The number of hydrogen-bond acceptors (Lipinski definition) is 3. The number of carboxylic acid groups (broad SMARTS) is 1. The third-order valence-electron chi connectivity index (χ3n) is 4.60. The van der Waals surface area contributed by atoms with Gasteiger partial charge in [0.05, 0.1) is 6.61 Å². The fourth-order valence-electron chi connectivity index (χ4n) is 3.20. The van der Waals surface area contributed by atoms with Crippen LogP contribution in [0.25, 0.3) is 0 Å². The van der Waals surface area contributed by atoms with E-state index in [0.29, 0.717) is 18.9 Å². The van der Waals surface area contributed by atoms with E-state index in [1.54, 1.807) is 0 Å². The zero-order valence-corrected chi connectivity index (χ0v) is 12.7. The second-order valence-corrected chi connectivity index (χ2v) is 6.14. The number of hydrogen-bond donors (Lipinski definition) is 2. The van der Waals surface area contributed by atoms with Crippen LogP contribution < -0.4 is 5.32 Å². The van der Waals surface area contributed by atoms with Gasteiger partial charge in [0.25, 0.3) is 0 Å². The topological polar surface area (TPSA) is 78.9 Å². The van der Waals surface area contributed by atoms with Crippen molar-refractivity contribution in [1.29, 1.82) is 0 Å². The molecule has 0 bridgehead atoms. The normalized spacial score (nSPS) is 27.4. The molecule has 2 aliphatic heterocycles. The van der Waals surface area contributed by atoms with Crippen molar-refractivity contribution >= 4 is 12.0 Å². The van der Waals surface area contributed by atoms with Crippen molar-refractivity contribution in [2.75, 3.05) is 19.8 Å². The summed E-state index contributed by atoms with van der Waals surface area (Å²) in [4.78, 5) is 25.0. The minimum absolute atomic E-state index is 0.0514. The van der Waals surface area contributed by atoms with Crippen molar-refractivity contribution in [3.8, 4) is 0 Å². The van der Waals surface area contributed by atoms with Crippen LogP contribution in [-0.4, -0.2) is 53.8 Å². The first-order valence-corrected chi connectivity index (χ1v) is 7.94. The number of piperidine rings is 1. The molecule has 2 N–H and O–H groups in total. The van der Waals surface area contributed by atoms with Gasteiger partial charge in [-0.05, 0) is 39.0 Å². The first kappa shape index (κ1) is 16.1. The number of nitrogens with one attached hydrogen (secondary N) is 1. The van der Waals surface area contributed by atoms with E-state index in [4.69, 9.17) is 9.84 Å². The van der Waals surface area contributed by atoms with Gasteiger partial charge in [0.15, 0.2) is 0 Å². The maximum absolute atomic E-state index is 12.4. The summed E-state index contributed by atoms with van der Waals surface area (Å²) in [6.07, 6.45) is 4.63. The monoisotopic (exact) mass is 298 g/mol. The van der Waals surface area contributed by atoms with Crippen LogP contribution in [0.15, 0.2) is 0 Å². The summed E-state index contributed by atoms with van der Waals surface area (Å²) in [5.41, 5.74) is 0. The predicted molar refractivity (Wildman–Crippen MR) is 78.1 cm³/mol. The van der Waals surface area contributed by atoms with Crippen LogP contribution in [-0.2, 0) is 9.53 Å². The lowest BCUT2D eigenvalue weighted by Gasteiger charge is -2.36. The number of nitrogens with zero attached hydrogens (tertiary/aromatic N) is 1. The molecule has 2 saturated heterocycles. The van der Waals surface area contributed by atoms with E-state index in [1.165, 1.54) is 0 Å². The van der Waals surface area contributed by atoms with Gasteiger partial charge in [-0.3, -0.25) is 4.79 Å². The molecule has 2 rings (SSSR count). The fourth-order valence-corrected chi connectivity index (χ4v) is 3.20. The molecule has 0 aromatic carbocycles. The van der Waals surface area contributed by atoms with Crippen LogP contribution in [0, 0.1) is 5.92 Å². The van der Waals surface area contributed by atoms with Crippen molar-refractivity contribution in [1.82, 2.24) is 10.2 Å². The number of amides is 2. The number of carbonyl (C=O) groups excluding carboxylic acids is 1. The van der Waals surface area contributed by atoms with E-state index < -0.39 is 5.97 Å². The Hall–Kier alpha value is -1.30. The van der Waals surface area contributed by atoms with Crippen molar-refractivity contribution in [2.24, 2.45) is 5.92 Å². The van der Waals surface area contributed by atoms with E-state index >= 15 is 0 Å². The third-order valence-corrected chi connectivity index (χ3v) is 4.60. The van der Waals surface area contributed by atoms with E-state index in [2.05, 4.69) is 5.32 Å². The highest BCUT2D eigenvalue weighted by Gasteiger charge is 2.30. The number of carboxylic acids is 1. The molecule has 3 atom stereocenters. The van der Waals surface area contributed by atoms with Crippen molar-refractivity contribution in [2.45, 2.75) is 57.5 Å². The standard InChI is InChI=1S/C15H26N2O4/c1-11(12-7-9-21-10-12)16-15(20)17-8-3-2-4-13(17)5-6-14(18)19/h11-13H,2-10H2,1H3,(H,16,20)(H,18,19). The Kier molecular flexibility index (Phi) is 5.85.